The van der Waals surface area contributed by atoms with Gasteiger partial charge in [-0.05, 0) is 43.2 Å². The number of pyridine rings is 1. The van der Waals surface area contributed by atoms with E-state index in [2.05, 4.69) is 15.6 Å². The molecule has 2 aromatic rings. The van der Waals surface area contributed by atoms with E-state index in [4.69, 9.17) is 5.11 Å². The Labute approximate surface area is 121 Å². The zero-order valence-corrected chi connectivity index (χ0v) is 11.7. The van der Waals surface area contributed by atoms with Crippen molar-refractivity contribution in [1.82, 2.24) is 4.98 Å². The molecule has 21 heavy (non-hydrogen) atoms. The van der Waals surface area contributed by atoms with Gasteiger partial charge in [-0.25, -0.2) is 14.6 Å². The van der Waals surface area contributed by atoms with Gasteiger partial charge < -0.3 is 15.7 Å². The molecule has 6 nitrogen and oxygen atoms in total. The van der Waals surface area contributed by atoms with Crippen molar-refractivity contribution in [3.8, 4) is 0 Å². The highest BCUT2D eigenvalue weighted by Gasteiger charge is 2.13. The van der Waals surface area contributed by atoms with Crippen molar-refractivity contribution < 1.29 is 14.7 Å². The van der Waals surface area contributed by atoms with Crippen LogP contribution in [-0.2, 0) is 0 Å². The molecule has 0 aliphatic carbocycles. The van der Waals surface area contributed by atoms with E-state index in [-0.39, 0.29) is 11.4 Å². The van der Waals surface area contributed by atoms with Crippen molar-refractivity contribution in [3.05, 3.63) is 53.3 Å². The monoisotopic (exact) mass is 285 g/mol. The minimum absolute atomic E-state index is 0.146. The standard InChI is InChI=1S/C15H15N3O3/c1-9-5-6-10(2)12(8-9)18-15(21)17-11-4-3-7-16-13(11)14(19)20/h3-8H,1-2H3,(H,19,20)(H2,17,18,21). The number of carbonyl (C=O) groups is 2. The maximum absolute atomic E-state index is 12.0. The fraction of sp³-hybridized carbons (Fsp3) is 0.133. The van der Waals surface area contributed by atoms with Crippen molar-refractivity contribution >= 4 is 23.4 Å². The van der Waals surface area contributed by atoms with Crippen LogP contribution in [0.25, 0.3) is 0 Å². The third kappa shape index (κ3) is 3.56. The highest BCUT2D eigenvalue weighted by molar-refractivity contribution is 6.04. The Morgan fingerprint density at radius 1 is 1.10 bits per heavy atom. The Hall–Kier alpha value is -2.89. The van der Waals surface area contributed by atoms with Gasteiger partial charge in [0.2, 0.25) is 0 Å². The van der Waals surface area contributed by atoms with E-state index in [0.717, 1.165) is 11.1 Å². The van der Waals surface area contributed by atoms with Gasteiger partial charge in [-0.15, -0.1) is 0 Å². The molecular formula is C15H15N3O3. The molecule has 0 bridgehead atoms. The van der Waals surface area contributed by atoms with Gasteiger partial charge in [-0.2, -0.15) is 0 Å². The summed E-state index contributed by atoms with van der Waals surface area (Å²) < 4.78 is 0. The van der Waals surface area contributed by atoms with E-state index in [1.807, 2.05) is 32.0 Å². The van der Waals surface area contributed by atoms with Gasteiger partial charge in [0.1, 0.15) is 0 Å². The third-order valence-electron chi connectivity index (χ3n) is 2.90. The van der Waals surface area contributed by atoms with Crippen molar-refractivity contribution in [2.24, 2.45) is 0 Å². The Morgan fingerprint density at radius 3 is 2.52 bits per heavy atom. The molecule has 0 saturated heterocycles. The van der Waals surface area contributed by atoms with Crippen LogP contribution in [0.2, 0.25) is 0 Å². The number of carboxylic acid groups (broad SMARTS) is 1. The summed E-state index contributed by atoms with van der Waals surface area (Å²) in [6, 6.07) is 8.22. The zero-order chi connectivity index (χ0) is 15.4. The maximum Gasteiger partial charge on any atom is 0.356 e. The second-order valence-electron chi connectivity index (χ2n) is 4.60. The van der Waals surface area contributed by atoms with Crippen LogP contribution in [0.3, 0.4) is 0 Å². The molecule has 0 saturated carbocycles. The number of hydrogen-bond acceptors (Lipinski definition) is 3. The summed E-state index contributed by atoms with van der Waals surface area (Å²) in [5.74, 6) is -1.20. The molecule has 108 valence electrons. The van der Waals surface area contributed by atoms with E-state index in [0.29, 0.717) is 5.69 Å². The Balaban J connectivity index is 2.16. The number of amides is 2. The Bertz CT molecular complexity index is 698. The zero-order valence-electron chi connectivity index (χ0n) is 11.7. The van der Waals surface area contributed by atoms with Crippen molar-refractivity contribution in [1.29, 1.82) is 0 Å². The lowest BCUT2D eigenvalue weighted by atomic mass is 10.1. The van der Waals surface area contributed by atoms with Gasteiger partial charge in [0.15, 0.2) is 5.69 Å². The van der Waals surface area contributed by atoms with Crippen LogP contribution in [0.15, 0.2) is 36.5 Å². The minimum atomic E-state index is -1.20. The normalized spacial score (nSPS) is 10.0. The number of carboxylic acids is 1. The number of aromatic carboxylic acids is 1. The van der Waals surface area contributed by atoms with Gasteiger partial charge in [0.05, 0.1) is 5.69 Å². The van der Waals surface area contributed by atoms with Gasteiger partial charge in [0.25, 0.3) is 0 Å². The maximum atomic E-state index is 12.0. The van der Waals surface area contributed by atoms with Gasteiger partial charge in [-0.3, -0.25) is 0 Å². The predicted octanol–water partition coefficient (Wildman–Crippen LogP) is 3.04. The number of hydrogen-bond donors (Lipinski definition) is 3. The summed E-state index contributed by atoms with van der Waals surface area (Å²) in [5, 5.41) is 14.2. The summed E-state index contributed by atoms with van der Waals surface area (Å²) in [5.41, 5.74) is 2.55. The fourth-order valence-electron chi connectivity index (χ4n) is 1.82. The summed E-state index contributed by atoms with van der Waals surface area (Å²) in [6.45, 7) is 3.80. The van der Waals surface area contributed by atoms with Crippen LogP contribution in [0.5, 0.6) is 0 Å². The Morgan fingerprint density at radius 2 is 1.81 bits per heavy atom. The van der Waals surface area contributed by atoms with E-state index in [9.17, 15) is 9.59 Å². The van der Waals surface area contributed by atoms with Crippen LogP contribution >= 0.6 is 0 Å². The third-order valence-corrected chi connectivity index (χ3v) is 2.90. The molecule has 2 rings (SSSR count). The first kappa shape index (κ1) is 14.5. The first-order valence-corrected chi connectivity index (χ1v) is 6.31. The van der Waals surface area contributed by atoms with Gasteiger partial charge in [-0.1, -0.05) is 12.1 Å². The molecule has 2 amide bonds. The molecule has 0 aliphatic heterocycles. The van der Waals surface area contributed by atoms with Crippen LogP contribution in [0.1, 0.15) is 21.6 Å². The molecule has 1 aromatic heterocycles. The van der Waals surface area contributed by atoms with Crippen molar-refractivity contribution in [2.45, 2.75) is 13.8 Å². The number of aromatic nitrogens is 1. The molecule has 0 atom stereocenters. The van der Waals surface area contributed by atoms with Crippen LogP contribution in [0.4, 0.5) is 16.2 Å². The lowest BCUT2D eigenvalue weighted by molar-refractivity contribution is 0.0692. The van der Waals surface area contributed by atoms with Crippen LogP contribution < -0.4 is 10.6 Å². The lowest BCUT2D eigenvalue weighted by Gasteiger charge is -2.11. The summed E-state index contributed by atoms with van der Waals surface area (Å²) in [7, 11) is 0. The second kappa shape index (κ2) is 6.04. The highest BCUT2D eigenvalue weighted by Crippen LogP contribution is 2.17. The molecule has 0 unspecified atom stereocenters. The average Bonchev–Trinajstić information content (AvgIpc) is 2.43. The SMILES string of the molecule is Cc1ccc(C)c(NC(=O)Nc2cccnc2C(=O)O)c1. The summed E-state index contributed by atoms with van der Waals surface area (Å²) in [4.78, 5) is 26.7. The van der Waals surface area contributed by atoms with Crippen molar-refractivity contribution in [3.63, 3.8) is 0 Å². The number of urea groups is 1. The van der Waals surface area contributed by atoms with E-state index in [1.165, 1.54) is 12.3 Å². The molecule has 0 fully saturated rings. The minimum Gasteiger partial charge on any atom is -0.476 e. The topological polar surface area (TPSA) is 91.3 Å². The lowest BCUT2D eigenvalue weighted by Crippen LogP contribution is -2.22. The molecule has 1 aromatic carbocycles. The molecule has 0 aliphatic rings. The van der Waals surface area contributed by atoms with Gasteiger partial charge in [0, 0.05) is 11.9 Å². The molecule has 0 spiro atoms. The van der Waals surface area contributed by atoms with Gasteiger partial charge >= 0.3 is 12.0 Å². The number of carbonyl (C=O) groups excluding carboxylic acids is 1. The fourth-order valence-corrected chi connectivity index (χ4v) is 1.82. The van der Waals surface area contributed by atoms with Crippen LogP contribution in [0, 0.1) is 13.8 Å². The molecule has 6 heteroatoms. The van der Waals surface area contributed by atoms with Crippen LogP contribution in [-0.4, -0.2) is 22.1 Å². The number of nitrogens with zero attached hydrogens (tertiary/aromatic N) is 1. The quantitative estimate of drug-likeness (QED) is 0.808. The number of nitrogens with one attached hydrogen (secondary N) is 2. The number of aryl methyl sites for hydroxylation is 2. The number of anilines is 2. The van der Waals surface area contributed by atoms with E-state index in [1.54, 1.807) is 6.07 Å². The first-order valence-electron chi connectivity index (χ1n) is 6.31. The molecule has 1 heterocycles. The van der Waals surface area contributed by atoms with Crippen molar-refractivity contribution in [2.75, 3.05) is 10.6 Å². The summed E-state index contributed by atoms with van der Waals surface area (Å²) in [6.07, 6.45) is 1.36. The highest BCUT2D eigenvalue weighted by atomic mass is 16.4. The number of rotatable bonds is 3. The smallest absolute Gasteiger partial charge is 0.356 e. The van der Waals surface area contributed by atoms with E-state index < -0.39 is 12.0 Å². The molecule has 3 N–H and O–H groups in total. The first-order chi connectivity index (χ1) is 9.97. The molecule has 0 radical (unpaired) electrons. The van der Waals surface area contributed by atoms with E-state index >= 15 is 0 Å². The second-order valence-corrected chi connectivity index (χ2v) is 4.60. The average molecular weight is 285 g/mol. The number of benzene rings is 1. The Kier molecular flexibility index (Phi) is 4.18. The predicted molar refractivity (Wildman–Crippen MR) is 79.8 cm³/mol. The molecular weight excluding hydrogens is 270 g/mol. The summed E-state index contributed by atoms with van der Waals surface area (Å²) >= 11 is 0. The largest absolute Gasteiger partial charge is 0.476 e.